The molecule has 5 heteroatoms. The zero-order valence-electron chi connectivity index (χ0n) is 8.26. The number of alkyl halides is 2. The zero-order chi connectivity index (χ0) is 10.8. The smallest absolute Gasteiger partial charge is 0.284 e. The molecule has 0 aliphatic carbocycles. The van der Waals surface area contributed by atoms with E-state index in [-0.39, 0.29) is 23.8 Å². The molecule has 0 unspecified atom stereocenters. The Kier molecular flexibility index (Phi) is 3.55. The van der Waals surface area contributed by atoms with Crippen LogP contribution in [0, 0.1) is 0 Å². The van der Waals surface area contributed by atoms with Crippen molar-refractivity contribution in [1.82, 2.24) is 4.98 Å². The van der Waals surface area contributed by atoms with Gasteiger partial charge in [0.15, 0.2) is 0 Å². The van der Waals surface area contributed by atoms with Crippen molar-refractivity contribution in [2.45, 2.75) is 32.1 Å². The van der Waals surface area contributed by atoms with E-state index < -0.39 is 5.92 Å². The molecule has 14 heavy (non-hydrogen) atoms. The summed E-state index contributed by atoms with van der Waals surface area (Å²) in [6.07, 6.45) is 0.947. The third kappa shape index (κ3) is 2.48. The molecule has 0 aliphatic rings. The average Bonchev–Trinajstić information content (AvgIpc) is 2.51. The lowest BCUT2D eigenvalue weighted by Gasteiger charge is -2.11. The van der Waals surface area contributed by atoms with Crippen LogP contribution in [0.3, 0.4) is 0 Å². The van der Waals surface area contributed by atoms with Gasteiger partial charge in [-0.05, 0) is 6.54 Å². The molecule has 1 aromatic heterocycles. The van der Waals surface area contributed by atoms with Crippen LogP contribution in [0.15, 0.2) is 6.20 Å². The second-order valence-corrected chi connectivity index (χ2v) is 4.52. The molecule has 0 amide bonds. The van der Waals surface area contributed by atoms with Gasteiger partial charge in [-0.15, -0.1) is 11.3 Å². The summed E-state index contributed by atoms with van der Waals surface area (Å²) < 4.78 is 26.6. The summed E-state index contributed by atoms with van der Waals surface area (Å²) in [7, 11) is 0. The van der Waals surface area contributed by atoms with Crippen molar-refractivity contribution < 1.29 is 8.78 Å². The Morgan fingerprint density at radius 2 is 2.21 bits per heavy atom. The quantitative estimate of drug-likeness (QED) is 0.847. The van der Waals surface area contributed by atoms with Crippen LogP contribution >= 0.6 is 11.3 Å². The standard InChI is InChI=1S/C9H14F2N2S/c1-6(2)8-13-5-7(14-8)9(10,11)3-4-12/h5-6H,3-4,12H2,1-2H3. The van der Waals surface area contributed by atoms with E-state index in [1.807, 2.05) is 13.8 Å². The van der Waals surface area contributed by atoms with Gasteiger partial charge in [0.1, 0.15) is 0 Å². The molecule has 1 rings (SSSR count). The van der Waals surface area contributed by atoms with E-state index >= 15 is 0 Å². The topological polar surface area (TPSA) is 38.9 Å². The fraction of sp³-hybridized carbons (Fsp3) is 0.667. The first kappa shape index (κ1) is 11.5. The molecular formula is C9H14F2N2S. The van der Waals surface area contributed by atoms with Crippen LogP contribution in [-0.4, -0.2) is 11.5 Å². The minimum Gasteiger partial charge on any atom is -0.330 e. The van der Waals surface area contributed by atoms with E-state index in [4.69, 9.17) is 5.73 Å². The first-order valence-corrected chi connectivity index (χ1v) is 5.33. The lowest BCUT2D eigenvalue weighted by atomic mass is 10.2. The summed E-state index contributed by atoms with van der Waals surface area (Å²) in [6, 6.07) is 0. The average molecular weight is 220 g/mol. The van der Waals surface area contributed by atoms with Crippen LogP contribution in [0.1, 0.15) is 36.1 Å². The van der Waals surface area contributed by atoms with Gasteiger partial charge in [0, 0.05) is 18.5 Å². The summed E-state index contributed by atoms with van der Waals surface area (Å²) in [6.45, 7) is 3.86. The fourth-order valence-corrected chi connectivity index (χ4v) is 1.95. The highest BCUT2D eigenvalue weighted by molar-refractivity contribution is 7.11. The molecule has 0 atom stereocenters. The number of halogens is 2. The highest BCUT2D eigenvalue weighted by Gasteiger charge is 2.33. The molecule has 0 bridgehead atoms. The van der Waals surface area contributed by atoms with Gasteiger partial charge in [0.25, 0.3) is 5.92 Å². The van der Waals surface area contributed by atoms with E-state index in [0.717, 1.165) is 16.3 Å². The first-order chi connectivity index (χ1) is 6.47. The van der Waals surface area contributed by atoms with Crippen LogP contribution in [0.25, 0.3) is 0 Å². The first-order valence-electron chi connectivity index (χ1n) is 4.51. The van der Waals surface area contributed by atoms with Crippen LogP contribution in [0.5, 0.6) is 0 Å². The maximum atomic E-state index is 13.3. The lowest BCUT2D eigenvalue weighted by molar-refractivity contribution is -0.00702. The highest BCUT2D eigenvalue weighted by Crippen LogP contribution is 2.36. The number of nitrogens with two attached hydrogens (primary N) is 1. The van der Waals surface area contributed by atoms with Gasteiger partial charge in [-0.1, -0.05) is 13.8 Å². The van der Waals surface area contributed by atoms with E-state index in [1.54, 1.807) is 0 Å². The molecule has 0 aliphatic heterocycles. The van der Waals surface area contributed by atoms with Crippen molar-refractivity contribution in [2.75, 3.05) is 6.54 Å². The predicted octanol–water partition coefficient (Wildman–Crippen LogP) is 2.71. The number of rotatable bonds is 4. The number of hydrogen-bond acceptors (Lipinski definition) is 3. The van der Waals surface area contributed by atoms with Crippen LogP contribution < -0.4 is 5.73 Å². The summed E-state index contributed by atoms with van der Waals surface area (Å²) in [4.78, 5) is 3.98. The summed E-state index contributed by atoms with van der Waals surface area (Å²) in [5, 5.41) is 0.747. The molecule has 1 heterocycles. The van der Waals surface area contributed by atoms with Gasteiger partial charge in [-0.25, -0.2) is 13.8 Å². The van der Waals surface area contributed by atoms with Crippen molar-refractivity contribution in [3.8, 4) is 0 Å². The van der Waals surface area contributed by atoms with Crippen molar-refractivity contribution >= 4 is 11.3 Å². The van der Waals surface area contributed by atoms with Crippen molar-refractivity contribution in [3.63, 3.8) is 0 Å². The molecule has 0 fully saturated rings. The molecule has 0 saturated carbocycles. The van der Waals surface area contributed by atoms with Gasteiger partial charge >= 0.3 is 0 Å². The van der Waals surface area contributed by atoms with E-state index in [2.05, 4.69) is 4.98 Å². The molecule has 2 N–H and O–H groups in total. The third-order valence-electron chi connectivity index (χ3n) is 1.84. The molecule has 0 radical (unpaired) electrons. The molecule has 1 aromatic rings. The number of thiazole rings is 1. The van der Waals surface area contributed by atoms with Gasteiger partial charge in [-0.2, -0.15) is 0 Å². The lowest BCUT2D eigenvalue weighted by Crippen LogP contribution is -2.17. The summed E-state index contributed by atoms with van der Waals surface area (Å²) >= 11 is 1.07. The van der Waals surface area contributed by atoms with Crippen LogP contribution in [0.4, 0.5) is 8.78 Å². The number of aromatic nitrogens is 1. The SMILES string of the molecule is CC(C)c1ncc(C(F)(F)CCN)s1. The van der Waals surface area contributed by atoms with Gasteiger partial charge in [0.2, 0.25) is 0 Å². The number of nitrogens with zero attached hydrogens (tertiary/aromatic N) is 1. The normalized spacial score (nSPS) is 12.4. The maximum absolute atomic E-state index is 13.3. The monoisotopic (exact) mass is 220 g/mol. The van der Waals surface area contributed by atoms with Gasteiger partial charge in [-0.3, -0.25) is 0 Å². The number of hydrogen-bond donors (Lipinski definition) is 1. The minimum atomic E-state index is -2.82. The Labute approximate surface area is 86.2 Å². The maximum Gasteiger partial charge on any atom is 0.284 e. The highest BCUT2D eigenvalue weighted by atomic mass is 32.1. The third-order valence-corrected chi connectivity index (χ3v) is 3.25. The minimum absolute atomic E-state index is 0.0120. The van der Waals surface area contributed by atoms with E-state index in [9.17, 15) is 8.78 Å². The molecule has 0 saturated heterocycles. The Morgan fingerprint density at radius 1 is 1.57 bits per heavy atom. The molecule has 0 aromatic carbocycles. The molecule has 80 valence electrons. The Balaban J connectivity index is 2.85. The van der Waals surface area contributed by atoms with Crippen molar-refractivity contribution in [2.24, 2.45) is 5.73 Å². The van der Waals surface area contributed by atoms with Crippen LogP contribution in [-0.2, 0) is 5.92 Å². The van der Waals surface area contributed by atoms with Crippen molar-refractivity contribution in [1.29, 1.82) is 0 Å². The van der Waals surface area contributed by atoms with E-state index in [1.165, 1.54) is 6.20 Å². The Hall–Kier alpha value is -0.550. The zero-order valence-corrected chi connectivity index (χ0v) is 9.07. The largest absolute Gasteiger partial charge is 0.330 e. The fourth-order valence-electron chi connectivity index (χ4n) is 1.03. The second kappa shape index (κ2) is 4.31. The molecule has 2 nitrogen and oxygen atoms in total. The van der Waals surface area contributed by atoms with Gasteiger partial charge < -0.3 is 5.73 Å². The second-order valence-electron chi connectivity index (χ2n) is 3.46. The van der Waals surface area contributed by atoms with E-state index in [0.29, 0.717) is 0 Å². The molecule has 0 spiro atoms. The van der Waals surface area contributed by atoms with Crippen LogP contribution in [0.2, 0.25) is 0 Å². The summed E-state index contributed by atoms with van der Waals surface area (Å²) in [5.74, 6) is -2.62. The van der Waals surface area contributed by atoms with Crippen molar-refractivity contribution in [3.05, 3.63) is 16.1 Å². The summed E-state index contributed by atoms with van der Waals surface area (Å²) in [5.41, 5.74) is 5.12. The Morgan fingerprint density at radius 3 is 2.64 bits per heavy atom. The molecular weight excluding hydrogens is 206 g/mol. The predicted molar refractivity (Wildman–Crippen MR) is 53.8 cm³/mol. The van der Waals surface area contributed by atoms with Gasteiger partial charge in [0.05, 0.1) is 9.88 Å². The Bertz CT molecular complexity index is 297.